The molecular formula is C15H26N4. The number of rotatable bonds is 5. The smallest absolute Gasteiger partial charge is 0.132 e. The van der Waals surface area contributed by atoms with Gasteiger partial charge in [0.2, 0.25) is 0 Å². The molecule has 1 aromatic heterocycles. The summed E-state index contributed by atoms with van der Waals surface area (Å²) in [6, 6.07) is 2.58. The van der Waals surface area contributed by atoms with Crippen LogP contribution in [-0.4, -0.2) is 23.1 Å². The molecule has 1 saturated carbocycles. The minimum absolute atomic E-state index is 0.572. The first-order valence-corrected chi connectivity index (χ1v) is 7.57. The van der Waals surface area contributed by atoms with E-state index in [0.29, 0.717) is 6.04 Å². The van der Waals surface area contributed by atoms with Crippen LogP contribution >= 0.6 is 0 Å². The van der Waals surface area contributed by atoms with Crippen molar-refractivity contribution in [2.45, 2.75) is 58.4 Å². The summed E-state index contributed by atoms with van der Waals surface area (Å²) in [5, 5.41) is 6.71. The topological polar surface area (TPSA) is 49.8 Å². The summed E-state index contributed by atoms with van der Waals surface area (Å²) in [5.41, 5.74) is 0. The zero-order valence-electron chi connectivity index (χ0n) is 12.4. The average molecular weight is 262 g/mol. The minimum Gasteiger partial charge on any atom is -0.373 e. The third kappa shape index (κ3) is 3.82. The van der Waals surface area contributed by atoms with E-state index in [1.54, 1.807) is 0 Å². The average Bonchev–Trinajstić information content (AvgIpc) is 2.47. The number of nitrogens with one attached hydrogen (secondary N) is 2. The molecule has 2 N–H and O–H groups in total. The van der Waals surface area contributed by atoms with Gasteiger partial charge < -0.3 is 10.6 Å². The maximum absolute atomic E-state index is 4.58. The van der Waals surface area contributed by atoms with Crippen LogP contribution in [0.25, 0.3) is 0 Å². The van der Waals surface area contributed by atoms with Gasteiger partial charge in [0.05, 0.1) is 0 Å². The summed E-state index contributed by atoms with van der Waals surface area (Å²) in [7, 11) is 1.90. The second-order valence-corrected chi connectivity index (χ2v) is 5.44. The monoisotopic (exact) mass is 262 g/mol. The largest absolute Gasteiger partial charge is 0.373 e. The fourth-order valence-electron chi connectivity index (χ4n) is 2.86. The Morgan fingerprint density at radius 3 is 2.68 bits per heavy atom. The van der Waals surface area contributed by atoms with Gasteiger partial charge in [-0.15, -0.1) is 0 Å². The fraction of sp³-hybridized carbons (Fsp3) is 0.733. The molecule has 1 fully saturated rings. The molecular weight excluding hydrogens is 236 g/mol. The number of anilines is 2. The molecule has 4 heteroatoms. The minimum atomic E-state index is 0.572. The molecule has 106 valence electrons. The van der Waals surface area contributed by atoms with Gasteiger partial charge in [0.25, 0.3) is 0 Å². The summed E-state index contributed by atoms with van der Waals surface area (Å²) in [5.74, 6) is 3.65. The highest BCUT2D eigenvalue weighted by molar-refractivity contribution is 5.47. The number of aromatic nitrogens is 2. The van der Waals surface area contributed by atoms with E-state index < -0.39 is 0 Å². The SMILES string of the molecule is CCc1nc(NC)cc(NC2CCCC(CC)C2)n1. The number of hydrogen-bond acceptors (Lipinski definition) is 4. The number of aryl methyl sites for hydroxylation is 1. The van der Waals surface area contributed by atoms with E-state index >= 15 is 0 Å². The van der Waals surface area contributed by atoms with E-state index in [1.807, 2.05) is 13.1 Å². The van der Waals surface area contributed by atoms with Crippen LogP contribution in [0.2, 0.25) is 0 Å². The van der Waals surface area contributed by atoms with Crippen molar-refractivity contribution in [2.24, 2.45) is 5.92 Å². The molecule has 0 radical (unpaired) electrons. The van der Waals surface area contributed by atoms with Crippen LogP contribution in [0, 0.1) is 5.92 Å². The first-order valence-electron chi connectivity index (χ1n) is 7.57. The molecule has 19 heavy (non-hydrogen) atoms. The molecule has 0 amide bonds. The van der Waals surface area contributed by atoms with Crippen molar-refractivity contribution >= 4 is 11.6 Å². The molecule has 2 rings (SSSR count). The Morgan fingerprint density at radius 2 is 2.00 bits per heavy atom. The summed E-state index contributed by atoms with van der Waals surface area (Å²) in [6.07, 6.45) is 7.42. The Hall–Kier alpha value is -1.32. The van der Waals surface area contributed by atoms with E-state index in [-0.39, 0.29) is 0 Å². The lowest BCUT2D eigenvalue weighted by atomic mass is 9.84. The first kappa shape index (κ1) is 14.1. The molecule has 1 aliphatic rings. The Labute approximate surface area is 116 Å². The van der Waals surface area contributed by atoms with Gasteiger partial charge in [0, 0.05) is 25.6 Å². The Morgan fingerprint density at radius 1 is 1.21 bits per heavy atom. The maximum Gasteiger partial charge on any atom is 0.132 e. The van der Waals surface area contributed by atoms with Crippen LogP contribution in [0.15, 0.2) is 6.07 Å². The van der Waals surface area contributed by atoms with E-state index in [1.165, 1.54) is 32.1 Å². The normalized spacial score (nSPS) is 23.1. The second kappa shape index (κ2) is 6.73. The fourth-order valence-corrected chi connectivity index (χ4v) is 2.86. The highest BCUT2D eigenvalue weighted by atomic mass is 15.1. The molecule has 1 aromatic rings. The molecule has 0 bridgehead atoms. The molecule has 2 atom stereocenters. The quantitative estimate of drug-likeness (QED) is 0.853. The van der Waals surface area contributed by atoms with Gasteiger partial charge in [-0.1, -0.05) is 33.1 Å². The molecule has 1 heterocycles. The molecule has 2 unspecified atom stereocenters. The summed E-state index contributed by atoms with van der Waals surface area (Å²) >= 11 is 0. The number of hydrogen-bond donors (Lipinski definition) is 2. The predicted molar refractivity (Wildman–Crippen MR) is 80.6 cm³/mol. The second-order valence-electron chi connectivity index (χ2n) is 5.44. The standard InChI is InChI=1S/C15H26N4/c1-4-11-7-6-8-12(9-11)17-15-10-14(16-3)18-13(5-2)19-15/h10-12H,4-9H2,1-3H3,(H2,16,17,18,19). The van der Waals surface area contributed by atoms with Crippen LogP contribution in [0.3, 0.4) is 0 Å². The predicted octanol–water partition coefficient (Wildman–Crippen LogP) is 3.46. The van der Waals surface area contributed by atoms with Crippen LogP contribution in [0.4, 0.5) is 11.6 Å². The molecule has 4 nitrogen and oxygen atoms in total. The first-order chi connectivity index (χ1) is 9.25. The van der Waals surface area contributed by atoms with Crippen LogP contribution in [0.5, 0.6) is 0 Å². The Bertz CT molecular complexity index is 383. The Balaban J connectivity index is 2.05. The van der Waals surface area contributed by atoms with Crippen molar-refractivity contribution in [2.75, 3.05) is 17.7 Å². The molecule has 0 spiro atoms. The number of nitrogens with zero attached hydrogens (tertiary/aromatic N) is 2. The van der Waals surface area contributed by atoms with Crippen LogP contribution in [0.1, 0.15) is 51.8 Å². The van der Waals surface area contributed by atoms with Crippen molar-refractivity contribution in [3.05, 3.63) is 11.9 Å². The van der Waals surface area contributed by atoms with E-state index in [2.05, 4.69) is 34.4 Å². The van der Waals surface area contributed by atoms with Crippen molar-refractivity contribution in [3.8, 4) is 0 Å². The zero-order chi connectivity index (χ0) is 13.7. The van der Waals surface area contributed by atoms with Gasteiger partial charge in [-0.05, 0) is 18.8 Å². The lowest BCUT2D eigenvalue weighted by Gasteiger charge is -2.29. The van der Waals surface area contributed by atoms with Crippen molar-refractivity contribution in [3.63, 3.8) is 0 Å². The lowest BCUT2D eigenvalue weighted by Crippen LogP contribution is -2.27. The summed E-state index contributed by atoms with van der Waals surface area (Å²) < 4.78 is 0. The third-order valence-electron chi connectivity index (χ3n) is 4.06. The van der Waals surface area contributed by atoms with Gasteiger partial charge in [0.15, 0.2) is 0 Å². The summed E-state index contributed by atoms with van der Waals surface area (Å²) in [4.78, 5) is 9.01. The third-order valence-corrected chi connectivity index (χ3v) is 4.06. The van der Waals surface area contributed by atoms with Crippen molar-refractivity contribution in [1.82, 2.24) is 9.97 Å². The summed E-state index contributed by atoms with van der Waals surface area (Å²) in [6.45, 7) is 4.39. The maximum atomic E-state index is 4.58. The van der Waals surface area contributed by atoms with Gasteiger partial charge in [-0.2, -0.15) is 0 Å². The van der Waals surface area contributed by atoms with Crippen LogP contribution < -0.4 is 10.6 Å². The molecule has 0 aromatic carbocycles. The Kier molecular flexibility index (Phi) is 5.00. The molecule has 0 saturated heterocycles. The van der Waals surface area contributed by atoms with Crippen molar-refractivity contribution < 1.29 is 0 Å². The molecule has 1 aliphatic carbocycles. The van der Waals surface area contributed by atoms with E-state index in [0.717, 1.165) is 29.8 Å². The highest BCUT2D eigenvalue weighted by Crippen LogP contribution is 2.28. The van der Waals surface area contributed by atoms with E-state index in [9.17, 15) is 0 Å². The van der Waals surface area contributed by atoms with Crippen molar-refractivity contribution in [1.29, 1.82) is 0 Å². The highest BCUT2D eigenvalue weighted by Gasteiger charge is 2.21. The van der Waals surface area contributed by atoms with Gasteiger partial charge in [-0.3, -0.25) is 0 Å². The molecule has 0 aliphatic heterocycles. The van der Waals surface area contributed by atoms with E-state index in [4.69, 9.17) is 0 Å². The van der Waals surface area contributed by atoms with Gasteiger partial charge in [0.1, 0.15) is 17.5 Å². The lowest BCUT2D eigenvalue weighted by molar-refractivity contribution is 0.327. The van der Waals surface area contributed by atoms with Gasteiger partial charge in [-0.25, -0.2) is 9.97 Å². The van der Waals surface area contributed by atoms with Gasteiger partial charge >= 0.3 is 0 Å². The van der Waals surface area contributed by atoms with Crippen LogP contribution in [-0.2, 0) is 6.42 Å². The zero-order valence-corrected chi connectivity index (χ0v) is 12.4.